The summed E-state index contributed by atoms with van der Waals surface area (Å²) in [6.07, 6.45) is 0. The third-order valence-corrected chi connectivity index (χ3v) is 6.33. The smallest absolute Gasteiger partial charge is 0.191 e. The summed E-state index contributed by atoms with van der Waals surface area (Å²) in [6.45, 7) is 10.7. The van der Waals surface area contributed by atoms with Crippen LogP contribution in [-0.4, -0.2) is 106 Å². The molecular weight excluding hydrogens is 498 g/mol. The molecule has 0 aromatic heterocycles. The first-order valence-corrected chi connectivity index (χ1v) is 10.7. The number of benzene rings is 1. The van der Waals surface area contributed by atoms with Gasteiger partial charge < -0.3 is 15.4 Å². The van der Waals surface area contributed by atoms with Crippen LogP contribution in [0.15, 0.2) is 29.3 Å². The third kappa shape index (κ3) is 6.03. The van der Waals surface area contributed by atoms with Crippen molar-refractivity contribution < 1.29 is 9.13 Å². The zero-order valence-electron chi connectivity index (χ0n) is 17.7. The number of fused-ring (bicyclic) bond motifs is 3. The molecule has 9 heteroatoms. The lowest BCUT2D eigenvalue weighted by Crippen LogP contribution is -2.64. The molecular formula is C21H34FIN6O. The van der Waals surface area contributed by atoms with Gasteiger partial charge in [-0.2, -0.15) is 0 Å². The van der Waals surface area contributed by atoms with Crippen LogP contribution in [0.1, 0.15) is 11.6 Å². The summed E-state index contributed by atoms with van der Waals surface area (Å²) in [5.41, 5.74) is 1.11. The average molecular weight is 532 g/mol. The summed E-state index contributed by atoms with van der Waals surface area (Å²) < 4.78 is 18.9. The van der Waals surface area contributed by atoms with Gasteiger partial charge in [-0.3, -0.25) is 19.7 Å². The van der Waals surface area contributed by atoms with Gasteiger partial charge in [0.1, 0.15) is 5.82 Å². The molecule has 4 aliphatic heterocycles. The zero-order valence-corrected chi connectivity index (χ0v) is 20.1. The molecule has 0 aliphatic carbocycles. The van der Waals surface area contributed by atoms with E-state index in [0.717, 1.165) is 50.9 Å². The number of halogens is 2. The monoisotopic (exact) mass is 532 g/mol. The normalized spacial score (nSPS) is 27.9. The second kappa shape index (κ2) is 11.6. The van der Waals surface area contributed by atoms with Gasteiger partial charge in [0.05, 0.1) is 19.3 Å². The first-order valence-electron chi connectivity index (χ1n) is 10.7. The highest BCUT2D eigenvalue weighted by atomic mass is 127. The molecule has 4 fully saturated rings. The van der Waals surface area contributed by atoms with E-state index >= 15 is 0 Å². The predicted octanol–water partition coefficient (Wildman–Crippen LogP) is 0.982. The third-order valence-electron chi connectivity index (χ3n) is 6.33. The lowest BCUT2D eigenvalue weighted by Gasteiger charge is -2.47. The van der Waals surface area contributed by atoms with E-state index in [2.05, 4.69) is 30.3 Å². The average Bonchev–Trinajstić information content (AvgIpc) is 2.78. The van der Waals surface area contributed by atoms with Crippen molar-refractivity contribution in [3.05, 3.63) is 35.6 Å². The number of hydrogen-bond acceptors (Lipinski definition) is 5. The largest absolute Gasteiger partial charge is 0.379 e. The van der Waals surface area contributed by atoms with E-state index in [1.807, 2.05) is 19.2 Å². The summed E-state index contributed by atoms with van der Waals surface area (Å²) in [7, 11) is 1.81. The maximum Gasteiger partial charge on any atom is 0.191 e. The zero-order chi connectivity index (χ0) is 20.1. The number of guanidine groups is 1. The van der Waals surface area contributed by atoms with Crippen molar-refractivity contribution >= 4 is 29.9 Å². The van der Waals surface area contributed by atoms with Gasteiger partial charge in [-0.1, -0.05) is 12.1 Å². The quantitative estimate of drug-likeness (QED) is 0.324. The SMILES string of the molecule is CN=C(NCC1CN2CCN1CC2)NCC(c1ccc(F)cc1)N1CCOCC1.I. The molecule has 0 spiro atoms. The van der Waals surface area contributed by atoms with Crippen LogP contribution in [0.5, 0.6) is 0 Å². The standard InChI is InChI=1S/C21H33FN6O.HI/c1-23-21(24-14-19-16-26-6-8-27(19)9-7-26)25-15-20(28-10-12-29-13-11-28)17-2-4-18(22)5-3-17;/h2-5,19-20H,6-16H2,1H3,(H2,23,24,25);1H. The lowest BCUT2D eigenvalue weighted by molar-refractivity contribution is 0.0149. The van der Waals surface area contributed by atoms with Crippen molar-refractivity contribution in [2.75, 3.05) is 79.2 Å². The number of rotatable bonds is 6. The fraction of sp³-hybridized carbons (Fsp3) is 0.667. The molecule has 4 aliphatic rings. The lowest BCUT2D eigenvalue weighted by atomic mass is 10.0. The molecule has 0 saturated carbocycles. The molecule has 2 bridgehead atoms. The highest BCUT2D eigenvalue weighted by Crippen LogP contribution is 2.21. The molecule has 2 unspecified atom stereocenters. The van der Waals surface area contributed by atoms with Crippen molar-refractivity contribution in [2.45, 2.75) is 12.1 Å². The Morgan fingerprint density at radius 1 is 1.10 bits per heavy atom. The molecule has 1 aromatic rings. The fourth-order valence-corrected chi connectivity index (χ4v) is 4.58. The van der Waals surface area contributed by atoms with E-state index in [1.165, 1.54) is 38.3 Å². The second-order valence-electron chi connectivity index (χ2n) is 8.04. The highest BCUT2D eigenvalue weighted by molar-refractivity contribution is 14.0. The van der Waals surface area contributed by atoms with Crippen molar-refractivity contribution in [2.24, 2.45) is 4.99 Å². The fourth-order valence-electron chi connectivity index (χ4n) is 4.58. The maximum absolute atomic E-state index is 13.4. The molecule has 4 heterocycles. The Balaban J connectivity index is 0.00000256. The highest BCUT2D eigenvalue weighted by Gasteiger charge is 2.31. The number of hydrogen-bond donors (Lipinski definition) is 2. The van der Waals surface area contributed by atoms with Crippen molar-refractivity contribution in [3.63, 3.8) is 0 Å². The summed E-state index contributed by atoms with van der Waals surface area (Å²) >= 11 is 0. The maximum atomic E-state index is 13.4. The summed E-state index contributed by atoms with van der Waals surface area (Å²) in [6, 6.07) is 7.54. The van der Waals surface area contributed by atoms with Gasteiger partial charge in [0, 0.05) is 72.0 Å². The van der Waals surface area contributed by atoms with E-state index in [9.17, 15) is 4.39 Å². The van der Waals surface area contributed by atoms with Crippen LogP contribution in [0.3, 0.4) is 0 Å². The van der Waals surface area contributed by atoms with Crippen molar-refractivity contribution in [3.8, 4) is 0 Å². The van der Waals surface area contributed by atoms with Crippen molar-refractivity contribution in [1.29, 1.82) is 0 Å². The van der Waals surface area contributed by atoms with Crippen LogP contribution in [0.4, 0.5) is 4.39 Å². The Labute approximate surface area is 196 Å². The first kappa shape index (κ1) is 23.6. The van der Waals surface area contributed by atoms with Crippen LogP contribution in [-0.2, 0) is 4.74 Å². The molecule has 0 amide bonds. The van der Waals surface area contributed by atoms with Crippen LogP contribution >= 0.6 is 24.0 Å². The van der Waals surface area contributed by atoms with Crippen LogP contribution in [0.25, 0.3) is 0 Å². The van der Waals surface area contributed by atoms with E-state index in [-0.39, 0.29) is 35.8 Å². The van der Waals surface area contributed by atoms with Crippen LogP contribution in [0.2, 0.25) is 0 Å². The summed E-state index contributed by atoms with van der Waals surface area (Å²) in [5.74, 6) is 0.621. The van der Waals surface area contributed by atoms with Crippen LogP contribution < -0.4 is 10.6 Å². The molecule has 0 radical (unpaired) electrons. The van der Waals surface area contributed by atoms with Gasteiger partial charge in [0.15, 0.2) is 5.96 Å². The molecule has 7 nitrogen and oxygen atoms in total. The topological polar surface area (TPSA) is 55.4 Å². The Kier molecular flexibility index (Phi) is 9.12. The van der Waals surface area contributed by atoms with E-state index in [1.54, 1.807) is 0 Å². The van der Waals surface area contributed by atoms with Gasteiger partial charge in [0.25, 0.3) is 0 Å². The van der Waals surface area contributed by atoms with Gasteiger partial charge >= 0.3 is 0 Å². The minimum absolute atomic E-state index is 0. The van der Waals surface area contributed by atoms with E-state index in [4.69, 9.17) is 4.74 Å². The summed E-state index contributed by atoms with van der Waals surface area (Å²) in [5, 5.41) is 7.00. The number of ether oxygens (including phenoxy) is 1. The van der Waals surface area contributed by atoms with Gasteiger partial charge in [0.2, 0.25) is 0 Å². The Morgan fingerprint density at radius 2 is 1.80 bits per heavy atom. The number of nitrogens with one attached hydrogen (secondary N) is 2. The molecule has 1 aromatic carbocycles. The number of morpholine rings is 1. The van der Waals surface area contributed by atoms with Crippen molar-refractivity contribution in [1.82, 2.24) is 25.3 Å². The second-order valence-corrected chi connectivity index (χ2v) is 8.04. The van der Waals surface area contributed by atoms with E-state index in [0.29, 0.717) is 12.6 Å². The molecule has 5 rings (SSSR count). The molecule has 2 atom stereocenters. The van der Waals surface area contributed by atoms with Gasteiger partial charge in [-0.15, -0.1) is 24.0 Å². The number of piperazine rings is 3. The van der Waals surface area contributed by atoms with E-state index < -0.39 is 0 Å². The Hall–Kier alpha value is -1.01. The molecule has 4 saturated heterocycles. The minimum atomic E-state index is -0.201. The molecule has 2 N–H and O–H groups in total. The summed E-state index contributed by atoms with van der Waals surface area (Å²) in [4.78, 5) is 11.9. The van der Waals surface area contributed by atoms with Gasteiger partial charge in [-0.25, -0.2) is 4.39 Å². The number of nitrogens with zero attached hydrogens (tertiary/aromatic N) is 4. The Bertz CT molecular complexity index is 677. The molecule has 30 heavy (non-hydrogen) atoms. The first-order chi connectivity index (χ1) is 14.2. The predicted molar refractivity (Wildman–Crippen MR) is 128 cm³/mol. The van der Waals surface area contributed by atoms with Crippen LogP contribution in [0, 0.1) is 5.82 Å². The minimum Gasteiger partial charge on any atom is -0.379 e. The van der Waals surface area contributed by atoms with Gasteiger partial charge in [-0.05, 0) is 17.7 Å². The molecule has 168 valence electrons. The Morgan fingerprint density at radius 3 is 2.40 bits per heavy atom. The number of aliphatic imine (C=N–C) groups is 1.